The summed E-state index contributed by atoms with van der Waals surface area (Å²) in [5.41, 5.74) is -0.608. The number of aliphatic hydroxyl groups excluding tert-OH is 1. The lowest BCUT2D eigenvalue weighted by Gasteiger charge is -2.50. The van der Waals surface area contributed by atoms with Crippen molar-refractivity contribution in [3.63, 3.8) is 0 Å². The second-order valence-corrected chi connectivity index (χ2v) is 16.1. The molecule has 13 nitrogen and oxygen atoms in total. The number of nitrogens with zero attached hydrogens (tertiary/aromatic N) is 4. The number of aromatic nitrogens is 1. The Morgan fingerprint density at radius 2 is 1.88 bits per heavy atom. The van der Waals surface area contributed by atoms with Crippen molar-refractivity contribution in [1.82, 2.24) is 15.0 Å². The van der Waals surface area contributed by atoms with Crippen molar-refractivity contribution in [2.45, 2.75) is 96.9 Å². The molecule has 2 aliphatic heterocycles. The molecular weight excluding hydrogens is 668 g/mol. The summed E-state index contributed by atoms with van der Waals surface area (Å²) in [6, 6.07) is 1.21. The second kappa shape index (κ2) is 13.2. The number of anilines is 1. The van der Waals surface area contributed by atoms with Gasteiger partial charge in [0.05, 0.1) is 18.2 Å². The van der Waals surface area contributed by atoms with Gasteiger partial charge in [-0.05, 0) is 107 Å². The molecule has 1 aromatic carbocycles. The van der Waals surface area contributed by atoms with Gasteiger partial charge in [-0.15, -0.1) is 0 Å². The summed E-state index contributed by atoms with van der Waals surface area (Å²) >= 11 is 0. The van der Waals surface area contributed by atoms with Gasteiger partial charge in [0.25, 0.3) is 5.88 Å². The van der Waals surface area contributed by atoms with Crippen molar-refractivity contribution in [3.8, 4) is 11.6 Å². The second-order valence-electron chi connectivity index (χ2n) is 16.1. The van der Waals surface area contributed by atoms with Gasteiger partial charge in [-0.2, -0.15) is 0 Å². The first-order chi connectivity index (χ1) is 24.7. The van der Waals surface area contributed by atoms with E-state index in [0.717, 1.165) is 49.2 Å². The molecule has 3 heterocycles. The van der Waals surface area contributed by atoms with Crippen LogP contribution in [0.15, 0.2) is 21.9 Å². The summed E-state index contributed by atoms with van der Waals surface area (Å²) in [4.78, 5) is 49.3. The summed E-state index contributed by atoms with van der Waals surface area (Å²) in [5, 5.41) is 29.0. The molecule has 5 aliphatic rings. The monoisotopic (exact) mass is 720 g/mol. The standard InChI is InChI=1S/C39H52N4O9/c1-9-12-15-49-36-28-33(52-40-36)31(43(10-2)11-3)24-17-21-16-22-27(32(44)26(21)34(45)39(24,48)35(28)46)25(50-37(47)51-38(4,5)6)18-23-29-20(13-14-41(29)7)19-42(8)30(22)23/h18,20-21,24,29,31,45,48H,9-17,19H2,1-8H3/t20?,21-,24-,29?,31-,39-/m0/s1. The van der Waals surface area contributed by atoms with E-state index in [4.69, 9.17) is 18.7 Å². The molecule has 282 valence electrons. The quantitative estimate of drug-likeness (QED) is 0.192. The van der Waals surface area contributed by atoms with Crippen molar-refractivity contribution in [3.05, 3.63) is 45.4 Å². The van der Waals surface area contributed by atoms with Crippen LogP contribution >= 0.6 is 0 Å². The number of rotatable bonds is 8. The van der Waals surface area contributed by atoms with Crippen molar-refractivity contribution < 1.29 is 43.3 Å². The number of carbonyl (C=O) groups excluding carboxylic acids is 3. The Balaban J connectivity index is 1.40. The van der Waals surface area contributed by atoms with E-state index in [1.165, 1.54) is 0 Å². The topological polar surface area (TPSA) is 155 Å². The first-order valence-corrected chi connectivity index (χ1v) is 18.8. The number of fused-ring (bicyclic) bond motifs is 8. The summed E-state index contributed by atoms with van der Waals surface area (Å²) < 4.78 is 23.2. The molecule has 0 radical (unpaired) electrons. The number of aliphatic hydroxyl groups is 2. The highest BCUT2D eigenvalue weighted by molar-refractivity contribution is 6.17. The fraction of sp³-hybridized carbons (Fsp3) is 0.641. The molecule has 52 heavy (non-hydrogen) atoms. The first-order valence-electron chi connectivity index (χ1n) is 18.8. The SMILES string of the molecule is CCCCOc1noc2c1C(=O)[C@@]1(O)C(O)=C3C(=O)c4c(OC(=O)OC(C)(C)C)cc5c(c4C[C@H]3C[C@H]1[C@@H]2N(CC)CC)N(C)CC1CCN(C)C51. The number of likely N-dealkylation sites (tertiary alicyclic amines) is 1. The molecular formula is C39H52N4O9. The fourth-order valence-electron chi connectivity index (χ4n) is 9.62. The molecule has 0 amide bonds. The zero-order chi connectivity index (χ0) is 37.4. The number of ether oxygens (including phenoxy) is 3. The molecule has 0 bridgehead atoms. The van der Waals surface area contributed by atoms with Gasteiger partial charge >= 0.3 is 6.16 Å². The normalized spacial score (nSPS) is 28.2. The van der Waals surface area contributed by atoms with Gasteiger partial charge in [-0.3, -0.25) is 19.4 Å². The highest BCUT2D eigenvalue weighted by Crippen LogP contribution is 2.58. The molecule has 13 heteroatoms. The fourth-order valence-corrected chi connectivity index (χ4v) is 9.62. The van der Waals surface area contributed by atoms with E-state index >= 15 is 0 Å². The van der Waals surface area contributed by atoms with Gasteiger partial charge in [0.15, 0.2) is 17.1 Å². The molecule has 1 aromatic heterocycles. The van der Waals surface area contributed by atoms with Crippen LogP contribution in [0.1, 0.15) is 117 Å². The van der Waals surface area contributed by atoms with Crippen molar-refractivity contribution in [2.75, 3.05) is 51.8 Å². The van der Waals surface area contributed by atoms with Crippen LogP contribution in [0.5, 0.6) is 11.6 Å². The number of benzene rings is 1. The average Bonchev–Trinajstić information content (AvgIpc) is 3.66. The number of ketones is 2. The lowest BCUT2D eigenvalue weighted by atomic mass is 9.58. The number of unbranched alkanes of at least 4 members (excludes halogenated alkanes) is 1. The number of hydrogen-bond donors (Lipinski definition) is 2. The first kappa shape index (κ1) is 36.4. The van der Waals surface area contributed by atoms with Gasteiger partial charge in [-0.25, -0.2) is 4.79 Å². The van der Waals surface area contributed by atoms with E-state index < -0.39 is 52.6 Å². The Labute approximate surface area is 304 Å². The molecule has 1 fully saturated rings. The minimum Gasteiger partial charge on any atom is -0.508 e. The van der Waals surface area contributed by atoms with Crippen LogP contribution in [-0.2, 0) is 11.2 Å². The van der Waals surface area contributed by atoms with Crippen LogP contribution in [-0.4, -0.2) is 101 Å². The highest BCUT2D eigenvalue weighted by Gasteiger charge is 2.64. The van der Waals surface area contributed by atoms with Crippen LogP contribution in [0.3, 0.4) is 0 Å². The highest BCUT2D eigenvalue weighted by atomic mass is 16.7. The number of allylic oxidation sites excluding steroid dienone is 1. The lowest BCUT2D eigenvalue weighted by molar-refractivity contribution is -0.0621. The molecule has 0 saturated carbocycles. The largest absolute Gasteiger partial charge is 0.514 e. The van der Waals surface area contributed by atoms with E-state index in [9.17, 15) is 24.6 Å². The number of carbonyl (C=O) groups is 3. The molecule has 1 saturated heterocycles. The minimum atomic E-state index is -2.45. The van der Waals surface area contributed by atoms with E-state index in [1.54, 1.807) is 26.8 Å². The van der Waals surface area contributed by atoms with Crippen molar-refractivity contribution in [1.29, 1.82) is 0 Å². The summed E-state index contributed by atoms with van der Waals surface area (Å²) in [5.74, 6) is -2.81. The number of hydrogen-bond acceptors (Lipinski definition) is 13. The molecule has 2 unspecified atom stereocenters. The van der Waals surface area contributed by atoms with Gasteiger partial charge in [0.2, 0.25) is 5.78 Å². The third-order valence-corrected chi connectivity index (χ3v) is 11.8. The Morgan fingerprint density at radius 3 is 2.56 bits per heavy atom. The van der Waals surface area contributed by atoms with E-state index in [0.29, 0.717) is 37.8 Å². The smallest absolute Gasteiger partial charge is 0.508 e. The third kappa shape index (κ3) is 5.53. The molecule has 6 atom stereocenters. The van der Waals surface area contributed by atoms with Gasteiger partial charge in [0, 0.05) is 36.8 Å². The van der Waals surface area contributed by atoms with E-state index in [1.807, 2.05) is 27.8 Å². The van der Waals surface area contributed by atoms with Crippen LogP contribution in [0.2, 0.25) is 0 Å². The zero-order valence-electron chi connectivity index (χ0n) is 31.6. The predicted molar refractivity (Wildman–Crippen MR) is 191 cm³/mol. The van der Waals surface area contributed by atoms with Gasteiger partial charge < -0.3 is 33.8 Å². The minimum absolute atomic E-state index is 0.0131. The Hall–Kier alpha value is -3.94. The maximum atomic E-state index is 15.0. The number of Topliss-reactive ketones (excluding diaryl/α,β-unsaturated/α-hetero) is 2. The Kier molecular flexibility index (Phi) is 9.23. The van der Waals surface area contributed by atoms with Gasteiger partial charge in [-0.1, -0.05) is 27.2 Å². The average molecular weight is 721 g/mol. The molecule has 3 aliphatic carbocycles. The zero-order valence-corrected chi connectivity index (χ0v) is 31.6. The van der Waals surface area contributed by atoms with Crippen molar-refractivity contribution >= 4 is 23.4 Å². The van der Waals surface area contributed by atoms with Gasteiger partial charge in [0.1, 0.15) is 22.7 Å². The van der Waals surface area contributed by atoms with E-state index in [-0.39, 0.29) is 40.8 Å². The Morgan fingerprint density at radius 1 is 1.15 bits per heavy atom. The molecule has 0 spiro atoms. The third-order valence-electron chi connectivity index (χ3n) is 11.8. The van der Waals surface area contributed by atoms with Crippen LogP contribution in [0, 0.1) is 17.8 Å². The summed E-state index contributed by atoms with van der Waals surface area (Å²) in [7, 11) is 4.11. The molecule has 2 aromatic rings. The van der Waals surface area contributed by atoms with E-state index in [2.05, 4.69) is 26.9 Å². The summed E-state index contributed by atoms with van der Waals surface area (Å²) in [6.07, 6.45) is 2.17. The van der Waals surface area contributed by atoms with Crippen LogP contribution in [0.25, 0.3) is 0 Å². The van der Waals surface area contributed by atoms with Crippen LogP contribution < -0.4 is 14.4 Å². The lowest BCUT2D eigenvalue weighted by Crippen LogP contribution is -2.60. The predicted octanol–water partition coefficient (Wildman–Crippen LogP) is 5.81. The summed E-state index contributed by atoms with van der Waals surface area (Å²) in [6.45, 7) is 14.3. The molecule has 2 N–H and O–H groups in total. The van der Waals surface area contributed by atoms with Crippen LogP contribution in [0.4, 0.5) is 10.5 Å². The maximum Gasteiger partial charge on any atom is 0.514 e. The molecule has 7 rings (SSSR count). The Bertz CT molecular complexity index is 1820. The maximum absolute atomic E-state index is 15.0. The van der Waals surface area contributed by atoms with Crippen molar-refractivity contribution in [2.24, 2.45) is 17.8 Å².